The highest BCUT2D eigenvalue weighted by Crippen LogP contribution is 2.34. The molecule has 142 valence electrons. The molecule has 1 aliphatic rings. The minimum Gasteiger partial charge on any atom is -0.454 e. The Bertz CT molecular complexity index is 1020. The van der Waals surface area contributed by atoms with Gasteiger partial charge in [-0.1, -0.05) is 0 Å². The van der Waals surface area contributed by atoms with Crippen LogP contribution in [0.25, 0.3) is 0 Å². The number of fused-ring (bicyclic) bond motifs is 1. The van der Waals surface area contributed by atoms with E-state index in [9.17, 15) is 4.79 Å². The maximum Gasteiger partial charge on any atom is 0.231 e. The molecule has 0 radical (unpaired) electrons. The molecule has 8 heteroatoms. The number of ether oxygens (including phenoxy) is 2. The summed E-state index contributed by atoms with van der Waals surface area (Å²) in [5, 5.41) is 9.17. The molecule has 1 aromatic heterocycles. The van der Waals surface area contributed by atoms with E-state index in [0.29, 0.717) is 17.5 Å². The van der Waals surface area contributed by atoms with Crippen molar-refractivity contribution in [2.45, 2.75) is 13.8 Å². The Morgan fingerprint density at radius 1 is 0.893 bits per heavy atom. The molecule has 0 spiro atoms. The van der Waals surface area contributed by atoms with Crippen LogP contribution in [-0.2, 0) is 4.79 Å². The lowest BCUT2D eigenvalue weighted by Crippen LogP contribution is -2.05. The van der Waals surface area contributed by atoms with E-state index in [2.05, 4.69) is 25.9 Å². The number of rotatable bonds is 5. The van der Waals surface area contributed by atoms with E-state index in [4.69, 9.17) is 9.47 Å². The average Bonchev–Trinajstić information content (AvgIpc) is 3.10. The zero-order chi connectivity index (χ0) is 19.5. The Labute approximate surface area is 161 Å². The normalized spacial score (nSPS) is 11.8. The number of benzene rings is 2. The lowest BCUT2D eigenvalue weighted by atomic mass is 10.2. The van der Waals surface area contributed by atoms with Gasteiger partial charge in [0, 0.05) is 41.8 Å². The van der Waals surface area contributed by atoms with E-state index in [0.717, 1.165) is 28.5 Å². The van der Waals surface area contributed by atoms with Crippen molar-refractivity contribution >= 4 is 34.7 Å². The summed E-state index contributed by atoms with van der Waals surface area (Å²) in [5.41, 5.74) is 3.21. The molecule has 0 bridgehead atoms. The third-order valence-corrected chi connectivity index (χ3v) is 3.96. The van der Waals surface area contributed by atoms with Crippen LogP contribution in [0.3, 0.4) is 0 Å². The predicted molar refractivity (Wildman–Crippen MR) is 107 cm³/mol. The van der Waals surface area contributed by atoms with Crippen LogP contribution in [0.1, 0.15) is 12.6 Å². The van der Waals surface area contributed by atoms with Gasteiger partial charge in [0.2, 0.25) is 18.6 Å². The average molecular weight is 377 g/mol. The summed E-state index contributed by atoms with van der Waals surface area (Å²) in [4.78, 5) is 20.1. The summed E-state index contributed by atoms with van der Waals surface area (Å²) in [6.07, 6.45) is 0. The summed E-state index contributed by atoms with van der Waals surface area (Å²) in [5.74, 6) is 2.43. The zero-order valence-corrected chi connectivity index (χ0v) is 15.4. The largest absolute Gasteiger partial charge is 0.454 e. The van der Waals surface area contributed by atoms with Crippen molar-refractivity contribution in [1.82, 2.24) is 9.97 Å². The van der Waals surface area contributed by atoms with Crippen molar-refractivity contribution in [2.24, 2.45) is 0 Å². The molecule has 0 unspecified atom stereocenters. The molecule has 3 aromatic rings. The molecule has 0 atom stereocenters. The number of aryl methyl sites for hydroxylation is 1. The highest BCUT2D eigenvalue weighted by Gasteiger charge is 2.14. The zero-order valence-electron chi connectivity index (χ0n) is 15.4. The molecule has 3 N–H and O–H groups in total. The van der Waals surface area contributed by atoms with Crippen molar-refractivity contribution in [2.75, 3.05) is 22.7 Å². The van der Waals surface area contributed by atoms with Gasteiger partial charge in [-0.25, -0.2) is 4.98 Å². The second kappa shape index (κ2) is 7.43. The number of aromatic nitrogens is 2. The van der Waals surface area contributed by atoms with Crippen molar-refractivity contribution in [1.29, 1.82) is 0 Å². The van der Waals surface area contributed by atoms with Crippen molar-refractivity contribution in [3.05, 3.63) is 54.2 Å². The first kappa shape index (κ1) is 17.6. The third-order valence-electron chi connectivity index (χ3n) is 3.96. The molecule has 2 aromatic carbocycles. The summed E-state index contributed by atoms with van der Waals surface area (Å²) in [7, 11) is 0. The first-order valence-corrected chi connectivity index (χ1v) is 8.72. The Hall–Kier alpha value is -3.81. The highest BCUT2D eigenvalue weighted by molar-refractivity contribution is 5.88. The quantitative estimate of drug-likeness (QED) is 0.619. The van der Waals surface area contributed by atoms with Gasteiger partial charge in [-0.15, -0.1) is 0 Å². The Morgan fingerprint density at radius 3 is 2.39 bits per heavy atom. The first-order chi connectivity index (χ1) is 13.5. The third kappa shape index (κ3) is 4.12. The molecule has 0 saturated heterocycles. The minimum atomic E-state index is -0.105. The molecule has 0 fully saturated rings. The number of nitrogens with zero attached hydrogens (tertiary/aromatic N) is 2. The van der Waals surface area contributed by atoms with Gasteiger partial charge in [-0.3, -0.25) is 4.79 Å². The maximum atomic E-state index is 11.1. The van der Waals surface area contributed by atoms with Crippen LogP contribution in [0.5, 0.6) is 11.5 Å². The van der Waals surface area contributed by atoms with Gasteiger partial charge in [-0.2, -0.15) is 4.98 Å². The molecule has 2 heterocycles. The molecular weight excluding hydrogens is 358 g/mol. The van der Waals surface area contributed by atoms with E-state index in [-0.39, 0.29) is 12.7 Å². The van der Waals surface area contributed by atoms with Crippen molar-refractivity contribution in [3.63, 3.8) is 0 Å². The SMILES string of the molecule is CC(=O)Nc1ccc(Nc2cc(C)nc(Nc3ccc4c(c3)OCO4)n2)cc1. The van der Waals surface area contributed by atoms with Crippen molar-refractivity contribution < 1.29 is 14.3 Å². The minimum absolute atomic E-state index is 0.105. The van der Waals surface area contributed by atoms with Gasteiger partial charge < -0.3 is 25.4 Å². The van der Waals surface area contributed by atoms with Gasteiger partial charge in [-0.05, 0) is 43.3 Å². The number of carbonyl (C=O) groups excluding carboxylic acids is 1. The maximum absolute atomic E-state index is 11.1. The van der Waals surface area contributed by atoms with Gasteiger partial charge in [0.05, 0.1) is 0 Å². The monoisotopic (exact) mass is 377 g/mol. The van der Waals surface area contributed by atoms with Crippen LogP contribution in [0.15, 0.2) is 48.5 Å². The number of anilines is 5. The van der Waals surface area contributed by atoms with Crippen LogP contribution < -0.4 is 25.4 Å². The van der Waals surface area contributed by atoms with Crippen LogP contribution in [0.2, 0.25) is 0 Å². The number of carbonyl (C=O) groups is 1. The summed E-state index contributed by atoms with van der Waals surface area (Å²) in [6.45, 7) is 3.61. The molecule has 4 rings (SSSR count). The molecule has 1 aliphatic heterocycles. The fourth-order valence-electron chi connectivity index (χ4n) is 2.78. The molecule has 1 amide bonds. The number of amides is 1. The molecule has 28 heavy (non-hydrogen) atoms. The van der Waals surface area contributed by atoms with E-state index < -0.39 is 0 Å². The molecule has 8 nitrogen and oxygen atoms in total. The molecular formula is C20H19N5O3. The van der Waals surface area contributed by atoms with Gasteiger partial charge in [0.25, 0.3) is 0 Å². The lowest BCUT2D eigenvalue weighted by molar-refractivity contribution is -0.114. The second-order valence-electron chi connectivity index (χ2n) is 6.29. The van der Waals surface area contributed by atoms with Crippen LogP contribution in [0, 0.1) is 6.92 Å². The Kier molecular flexibility index (Phi) is 4.67. The number of hydrogen-bond acceptors (Lipinski definition) is 7. The Morgan fingerprint density at radius 2 is 1.61 bits per heavy atom. The van der Waals surface area contributed by atoms with Gasteiger partial charge >= 0.3 is 0 Å². The lowest BCUT2D eigenvalue weighted by Gasteiger charge is -2.11. The summed E-state index contributed by atoms with van der Waals surface area (Å²) >= 11 is 0. The topological polar surface area (TPSA) is 97.4 Å². The Balaban J connectivity index is 1.50. The summed E-state index contributed by atoms with van der Waals surface area (Å²) in [6, 6.07) is 14.8. The van der Waals surface area contributed by atoms with Gasteiger partial charge in [0.1, 0.15) is 5.82 Å². The highest BCUT2D eigenvalue weighted by atomic mass is 16.7. The van der Waals surface area contributed by atoms with E-state index in [1.807, 2.05) is 55.5 Å². The molecule has 0 aliphatic carbocycles. The molecule has 0 saturated carbocycles. The predicted octanol–water partition coefficient (Wildman–Crippen LogP) is 3.96. The van der Waals surface area contributed by atoms with Crippen molar-refractivity contribution in [3.8, 4) is 11.5 Å². The van der Waals surface area contributed by atoms with Crippen LogP contribution >= 0.6 is 0 Å². The van der Waals surface area contributed by atoms with Crippen LogP contribution in [-0.4, -0.2) is 22.7 Å². The fraction of sp³-hybridized carbons (Fsp3) is 0.150. The van der Waals surface area contributed by atoms with Crippen LogP contribution in [0.4, 0.5) is 28.8 Å². The summed E-state index contributed by atoms with van der Waals surface area (Å²) < 4.78 is 10.7. The number of nitrogens with one attached hydrogen (secondary N) is 3. The fourth-order valence-corrected chi connectivity index (χ4v) is 2.78. The first-order valence-electron chi connectivity index (χ1n) is 8.72. The van der Waals surface area contributed by atoms with E-state index in [1.54, 1.807) is 0 Å². The van der Waals surface area contributed by atoms with E-state index in [1.165, 1.54) is 6.92 Å². The smallest absolute Gasteiger partial charge is 0.231 e. The van der Waals surface area contributed by atoms with Gasteiger partial charge in [0.15, 0.2) is 11.5 Å². The van der Waals surface area contributed by atoms with E-state index >= 15 is 0 Å². The standard InChI is InChI=1S/C20H19N5O3/c1-12-9-19(23-15-5-3-14(4-6-15)22-13(2)26)25-20(21-12)24-16-7-8-17-18(10-16)28-11-27-17/h3-10H,11H2,1-2H3,(H,22,26)(H2,21,23,24,25). The number of hydrogen-bond donors (Lipinski definition) is 3. The second-order valence-corrected chi connectivity index (χ2v) is 6.29.